The number of rotatable bonds is 5. The van der Waals surface area contributed by atoms with E-state index in [1.165, 1.54) is 17.2 Å². The molecule has 0 aromatic carbocycles. The molecule has 2 aromatic heterocycles. The molecule has 1 unspecified atom stereocenters. The van der Waals surface area contributed by atoms with Gasteiger partial charge in [0.1, 0.15) is 0 Å². The Morgan fingerprint density at radius 1 is 1.53 bits per heavy atom. The summed E-state index contributed by atoms with van der Waals surface area (Å²) in [5, 5.41) is 13.8. The van der Waals surface area contributed by atoms with Gasteiger partial charge in [-0.15, -0.1) is 5.10 Å². The highest BCUT2D eigenvalue weighted by Gasteiger charge is 2.15. The normalized spacial score (nSPS) is 12.9. The minimum atomic E-state index is 0.203. The summed E-state index contributed by atoms with van der Waals surface area (Å²) in [6.07, 6.45) is 1.85. The molecule has 0 aliphatic rings. The Balaban J connectivity index is 2.15. The molecule has 1 atom stereocenters. The molecule has 0 aliphatic carbocycles. The molecule has 6 heteroatoms. The molecule has 5 nitrogen and oxygen atoms in total. The molecule has 2 aromatic rings. The summed E-state index contributed by atoms with van der Waals surface area (Å²) in [6, 6.07) is 2.36. The molecule has 0 radical (unpaired) electrons. The van der Waals surface area contributed by atoms with Crippen LogP contribution in [0.4, 0.5) is 0 Å². The maximum absolute atomic E-state index is 4.45. The number of aromatic nitrogens is 4. The molecular formula is C11H17N5S. The van der Waals surface area contributed by atoms with Crippen molar-refractivity contribution in [3.8, 4) is 0 Å². The lowest BCUT2D eigenvalue weighted by Gasteiger charge is -2.12. The second kappa shape index (κ2) is 5.37. The Labute approximate surface area is 105 Å². The molecule has 0 amide bonds. The van der Waals surface area contributed by atoms with Crippen molar-refractivity contribution in [2.75, 3.05) is 7.05 Å². The van der Waals surface area contributed by atoms with Gasteiger partial charge in [0.2, 0.25) is 0 Å². The van der Waals surface area contributed by atoms with Crippen molar-refractivity contribution in [2.24, 2.45) is 7.05 Å². The zero-order chi connectivity index (χ0) is 12.3. The molecule has 17 heavy (non-hydrogen) atoms. The van der Waals surface area contributed by atoms with E-state index in [0.29, 0.717) is 0 Å². The molecule has 2 heterocycles. The molecular weight excluding hydrogens is 234 g/mol. The highest BCUT2D eigenvalue weighted by Crippen LogP contribution is 2.17. The standard InChI is InChI=1S/C11H17N5S/c1-4-8-5-9(16(3)14-8)6-10(12-2)11-7-17-15-13-11/h5,7,10,12H,4,6H2,1-3H3. The highest BCUT2D eigenvalue weighted by atomic mass is 32.1. The fourth-order valence-electron chi connectivity index (χ4n) is 1.82. The van der Waals surface area contributed by atoms with Crippen LogP contribution in [0, 0.1) is 0 Å². The van der Waals surface area contributed by atoms with Gasteiger partial charge in [0.25, 0.3) is 0 Å². The van der Waals surface area contributed by atoms with Gasteiger partial charge < -0.3 is 5.32 Å². The highest BCUT2D eigenvalue weighted by molar-refractivity contribution is 7.03. The lowest BCUT2D eigenvalue weighted by molar-refractivity contribution is 0.547. The lowest BCUT2D eigenvalue weighted by Crippen LogP contribution is -2.20. The first-order valence-corrected chi connectivity index (χ1v) is 6.54. The third-order valence-electron chi connectivity index (χ3n) is 2.89. The van der Waals surface area contributed by atoms with Gasteiger partial charge in [-0.1, -0.05) is 11.4 Å². The van der Waals surface area contributed by atoms with Gasteiger partial charge >= 0.3 is 0 Å². The van der Waals surface area contributed by atoms with Gasteiger partial charge in [-0.05, 0) is 31.1 Å². The number of likely N-dealkylation sites (N-methyl/N-ethyl adjacent to an activating group) is 1. The molecule has 92 valence electrons. The monoisotopic (exact) mass is 251 g/mol. The third kappa shape index (κ3) is 2.70. The van der Waals surface area contributed by atoms with Crippen molar-refractivity contribution >= 4 is 11.5 Å². The van der Waals surface area contributed by atoms with Crippen molar-refractivity contribution in [2.45, 2.75) is 25.8 Å². The topological polar surface area (TPSA) is 55.6 Å². The van der Waals surface area contributed by atoms with Crippen LogP contribution in [0.25, 0.3) is 0 Å². The Hall–Kier alpha value is -1.27. The number of nitrogens with one attached hydrogen (secondary N) is 1. The molecule has 0 saturated heterocycles. The first-order valence-electron chi connectivity index (χ1n) is 5.70. The van der Waals surface area contributed by atoms with Crippen LogP contribution in [0.3, 0.4) is 0 Å². The fraction of sp³-hybridized carbons (Fsp3) is 0.545. The van der Waals surface area contributed by atoms with E-state index in [1.807, 2.05) is 24.2 Å². The second-order valence-corrected chi connectivity index (χ2v) is 4.59. The largest absolute Gasteiger partial charge is 0.311 e. The summed E-state index contributed by atoms with van der Waals surface area (Å²) in [7, 11) is 3.93. The van der Waals surface area contributed by atoms with E-state index in [0.717, 1.165) is 24.2 Å². The van der Waals surface area contributed by atoms with Gasteiger partial charge in [-0.2, -0.15) is 5.10 Å². The minimum Gasteiger partial charge on any atom is -0.311 e. The van der Waals surface area contributed by atoms with E-state index >= 15 is 0 Å². The first-order chi connectivity index (χ1) is 8.24. The molecule has 0 aliphatic heterocycles. The van der Waals surface area contributed by atoms with Crippen LogP contribution in [0.5, 0.6) is 0 Å². The van der Waals surface area contributed by atoms with Crippen LogP contribution in [0.15, 0.2) is 11.4 Å². The summed E-state index contributed by atoms with van der Waals surface area (Å²) in [5.74, 6) is 0. The number of hydrogen-bond acceptors (Lipinski definition) is 5. The van der Waals surface area contributed by atoms with Gasteiger partial charge in [-0.3, -0.25) is 4.68 Å². The summed E-state index contributed by atoms with van der Waals surface area (Å²) >= 11 is 1.38. The Kier molecular flexibility index (Phi) is 3.86. The van der Waals surface area contributed by atoms with Crippen molar-refractivity contribution in [1.29, 1.82) is 0 Å². The smallest absolute Gasteiger partial charge is 0.0928 e. The lowest BCUT2D eigenvalue weighted by atomic mass is 10.1. The van der Waals surface area contributed by atoms with E-state index in [4.69, 9.17) is 0 Å². The maximum atomic E-state index is 4.45. The summed E-state index contributed by atoms with van der Waals surface area (Å²) < 4.78 is 5.85. The van der Waals surface area contributed by atoms with Gasteiger partial charge in [0.05, 0.1) is 17.4 Å². The van der Waals surface area contributed by atoms with E-state index in [2.05, 4.69) is 33.0 Å². The Morgan fingerprint density at radius 2 is 2.35 bits per heavy atom. The van der Waals surface area contributed by atoms with E-state index in [1.54, 1.807) is 0 Å². The first kappa shape index (κ1) is 12.2. The van der Waals surface area contributed by atoms with E-state index < -0.39 is 0 Å². The number of nitrogens with zero attached hydrogens (tertiary/aromatic N) is 4. The second-order valence-electron chi connectivity index (χ2n) is 3.98. The number of hydrogen-bond donors (Lipinski definition) is 1. The summed E-state index contributed by atoms with van der Waals surface area (Å²) in [4.78, 5) is 0. The average Bonchev–Trinajstić information content (AvgIpc) is 2.96. The van der Waals surface area contributed by atoms with Crippen molar-refractivity contribution in [1.82, 2.24) is 24.7 Å². The van der Waals surface area contributed by atoms with Crippen molar-refractivity contribution in [3.63, 3.8) is 0 Å². The SMILES string of the molecule is CCc1cc(CC(NC)c2csnn2)n(C)n1. The molecule has 0 bridgehead atoms. The van der Waals surface area contributed by atoms with Crippen LogP contribution in [0.2, 0.25) is 0 Å². The quantitative estimate of drug-likeness (QED) is 0.871. The molecule has 0 fully saturated rings. The predicted molar refractivity (Wildman–Crippen MR) is 68.0 cm³/mol. The Bertz CT molecular complexity index is 462. The van der Waals surface area contributed by atoms with Crippen LogP contribution in [0.1, 0.15) is 30.0 Å². The van der Waals surface area contributed by atoms with Gasteiger partial charge in [0, 0.05) is 24.5 Å². The van der Waals surface area contributed by atoms with Crippen LogP contribution < -0.4 is 5.32 Å². The average molecular weight is 251 g/mol. The number of aryl methyl sites for hydroxylation is 2. The van der Waals surface area contributed by atoms with E-state index in [9.17, 15) is 0 Å². The minimum absolute atomic E-state index is 0.203. The Morgan fingerprint density at radius 3 is 2.88 bits per heavy atom. The van der Waals surface area contributed by atoms with Crippen LogP contribution in [-0.2, 0) is 19.9 Å². The molecule has 1 N–H and O–H groups in total. The fourth-order valence-corrected chi connectivity index (χ4v) is 2.33. The molecule has 2 rings (SSSR count). The summed E-state index contributed by atoms with van der Waals surface area (Å²) in [5.41, 5.74) is 3.35. The zero-order valence-corrected chi connectivity index (χ0v) is 11.2. The summed E-state index contributed by atoms with van der Waals surface area (Å²) in [6.45, 7) is 2.12. The van der Waals surface area contributed by atoms with Crippen LogP contribution >= 0.6 is 11.5 Å². The molecule has 0 saturated carbocycles. The van der Waals surface area contributed by atoms with Gasteiger partial charge in [0.15, 0.2) is 0 Å². The predicted octanol–water partition coefficient (Wildman–Crippen LogP) is 1.34. The van der Waals surface area contributed by atoms with Crippen molar-refractivity contribution < 1.29 is 0 Å². The maximum Gasteiger partial charge on any atom is 0.0928 e. The van der Waals surface area contributed by atoms with E-state index in [-0.39, 0.29) is 6.04 Å². The van der Waals surface area contributed by atoms with Gasteiger partial charge in [-0.25, -0.2) is 0 Å². The van der Waals surface area contributed by atoms with Crippen LogP contribution in [-0.4, -0.2) is 26.4 Å². The zero-order valence-electron chi connectivity index (χ0n) is 10.3. The van der Waals surface area contributed by atoms with Crippen molar-refractivity contribution in [3.05, 3.63) is 28.5 Å². The molecule has 0 spiro atoms. The third-order valence-corrected chi connectivity index (χ3v) is 3.41.